The van der Waals surface area contributed by atoms with Crippen LogP contribution in [0.15, 0.2) is 18.2 Å². The van der Waals surface area contributed by atoms with Crippen molar-refractivity contribution in [3.63, 3.8) is 0 Å². The fourth-order valence-electron chi connectivity index (χ4n) is 1.57. The Kier molecular flexibility index (Phi) is 6.74. The van der Waals surface area contributed by atoms with Crippen molar-refractivity contribution in [2.24, 2.45) is 0 Å². The Balaban J connectivity index is 2.60. The standard InChI is InChI=1S/C12H15Cl2N3O3/c13-8-2-1-7(5-9(8)14)17-11(18)6-10(12(19)20)16-4-3-15/h1-2,5,10,16H,3-4,6,15H2,(H,17,18)(H,19,20)/p+1/t10-/m0/s1. The second-order valence-electron chi connectivity index (χ2n) is 4.18. The van der Waals surface area contributed by atoms with Crippen LogP contribution in [-0.4, -0.2) is 31.0 Å². The number of amides is 1. The second-order valence-corrected chi connectivity index (χ2v) is 5.00. The summed E-state index contributed by atoms with van der Waals surface area (Å²) in [6, 6.07) is 3.69. The molecule has 8 heteroatoms. The van der Waals surface area contributed by atoms with Crippen LogP contribution in [0.3, 0.4) is 0 Å². The van der Waals surface area contributed by atoms with Gasteiger partial charge in [-0.05, 0) is 18.2 Å². The number of anilines is 1. The number of hydrogen-bond acceptors (Lipinski definition) is 3. The molecule has 0 bridgehead atoms. The molecule has 0 aliphatic carbocycles. The average molecular weight is 321 g/mol. The second kappa shape index (κ2) is 8.06. The van der Waals surface area contributed by atoms with Crippen LogP contribution in [0.25, 0.3) is 0 Å². The Morgan fingerprint density at radius 1 is 1.35 bits per heavy atom. The van der Waals surface area contributed by atoms with E-state index in [1.807, 2.05) is 0 Å². The van der Waals surface area contributed by atoms with Gasteiger partial charge in [-0.25, -0.2) is 0 Å². The van der Waals surface area contributed by atoms with Crippen molar-refractivity contribution in [3.8, 4) is 0 Å². The van der Waals surface area contributed by atoms with Gasteiger partial charge in [0.05, 0.1) is 22.4 Å². The highest BCUT2D eigenvalue weighted by atomic mass is 35.5. The molecule has 1 aromatic carbocycles. The molecule has 1 amide bonds. The molecule has 0 heterocycles. The number of carboxylic acid groups (broad SMARTS) is 1. The van der Waals surface area contributed by atoms with Gasteiger partial charge in [0, 0.05) is 5.69 Å². The highest BCUT2D eigenvalue weighted by Gasteiger charge is 2.18. The molecule has 6 N–H and O–H groups in total. The van der Waals surface area contributed by atoms with Crippen LogP contribution in [0.4, 0.5) is 5.69 Å². The number of halogens is 2. The number of nitrogens with one attached hydrogen (secondary N) is 1. The lowest BCUT2D eigenvalue weighted by Crippen LogP contribution is -2.95. The van der Waals surface area contributed by atoms with Gasteiger partial charge in [-0.1, -0.05) is 23.2 Å². The van der Waals surface area contributed by atoms with Crippen LogP contribution >= 0.6 is 23.2 Å². The van der Waals surface area contributed by atoms with E-state index in [1.54, 1.807) is 12.1 Å². The maximum atomic E-state index is 11.8. The van der Waals surface area contributed by atoms with Crippen molar-refractivity contribution in [1.29, 1.82) is 0 Å². The number of hydrogen-bond donors (Lipinski definition) is 3. The fraction of sp³-hybridized carbons (Fsp3) is 0.333. The van der Waals surface area contributed by atoms with Crippen molar-refractivity contribution < 1.29 is 25.7 Å². The molecule has 110 valence electrons. The van der Waals surface area contributed by atoms with Gasteiger partial charge in [0.15, 0.2) is 0 Å². The van der Waals surface area contributed by atoms with E-state index in [0.717, 1.165) is 0 Å². The molecule has 0 aliphatic heterocycles. The molecule has 0 radical (unpaired) electrons. The van der Waals surface area contributed by atoms with Crippen LogP contribution in [0.5, 0.6) is 0 Å². The van der Waals surface area contributed by atoms with Gasteiger partial charge in [0.1, 0.15) is 19.1 Å². The summed E-state index contributed by atoms with van der Waals surface area (Å²) in [4.78, 5) is 22.7. The summed E-state index contributed by atoms with van der Waals surface area (Å²) >= 11 is 11.6. The lowest BCUT2D eigenvalue weighted by molar-refractivity contribution is -0.695. The Bertz CT molecular complexity index is 497. The van der Waals surface area contributed by atoms with Crippen LogP contribution in [0, 0.1) is 0 Å². The van der Waals surface area contributed by atoms with Crippen LogP contribution < -0.4 is 21.5 Å². The van der Waals surface area contributed by atoms with Gasteiger partial charge in [0.25, 0.3) is 0 Å². The SMILES string of the molecule is [NH3+]CC[NH2+][C@@H](CC(=O)Nc1ccc(Cl)c(Cl)c1)C(=O)[O-]. The number of aliphatic carboxylic acids is 1. The van der Waals surface area contributed by atoms with Gasteiger partial charge in [0.2, 0.25) is 5.91 Å². The van der Waals surface area contributed by atoms with Gasteiger partial charge < -0.3 is 26.3 Å². The normalized spacial score (nSPS) is 11.9. The molecular formula is C12H16Cl2N3O3+. The summed E-state index contributed by atoms with van der Waals surface area (Å²) in [7, 11) is 0. The molecule has 1 atom stereocenters. The number of nitrogens with two attached hydrogens (primary N) is 1. The predicted molar refractivity (Wildman–Crippen MR) is 73.1 cm³/mol. The molecule has 1 rings (SSSR count). The Hall–Kier alpha value is -1.34. The van der Waals surface area contributed by atoms with Crippen molar-refractivity contribution in [2.75, 3.05) is 18.4 Å². The number of carbonyl (C=O) groups excluding carboxylic acids is 2. The van der Waals surface area contributed by atoms with E-state index in [-0.39, 0.29) is 6.42 Å². The third-order valence-electron chi connectivity index (χ3n) is 2.57. The van der Waals surface area contributed by atoms with Crippen molar-refractivity contribution in [1.82, 2.24) is 0 Å². The van der Waals surface area contributed by atoms with E-state index in [0.29, 0.717) is 28.8 Å². The molecule has 0 saturated heterocycles. The quantitative estimate of drug-likeness (QED) is 0.553. The minimum atomic E-state index is -1.28. The Morgan fingerprint density at radius 3 is 2.60 bits per heavy atom. The molecule has 0 aromatic heterocycles. The molecule has 0 saturated carbocycles. The maximum Gasteiger partial charge on any atom is 0.230 e. The molecule has 0 aliphatic rings. The lowest BCUT2D eigenvalue weighted by atomic mass is 10.2. The van der Waals surface area contributed by atoms with Crippen molar-refractivity contribution in [2.45, 2.75) is 12.5 Å². The minimum Gasteiger partial charge on any atom is -0.544 e. The predicted octanol–water partition coefficient (Wildman–Crippen LogP) is -1.75. The first-order valence-corrected chi connectivity index (χ1v) is 6.78. The molecular weight excluding hydrogens is 305 g/mol. The van der Waals surface area contributed by atoms with E-state index >= 15 is 0 Å². The summed E-state index contributed by atoms with van der Waals surface area (Å²) in [5, 5.41) is 15.7. The first-order chi connectivity index (χ1) is 9.43. The molecule has 0 fully saturated rings. The van der Waals surface area contributed by atoms with Gasteiger partial charge in [-0.3, -0.25) is 4.79 Å². The first kappa shape index (κ1) is 16.7. The summed E-state index contributed by atoms with van der Waals surface area (Å²) in [6.07, 6.45) is -0.192. The smallest absolute Gasteiger partial charge is 0.230 e. The minimum absolute atomic E-state index is 0.192. The van der Waals surface area contributed by atoms with Gasteiger partial charge >= 0.3 is 0 Å². The topological polar surface area (TPSA) is 113 Å². The average Bonchev–Trinajstić information content (AvgIpc) is 2.38. The zero-order valence-electron chi connectivity index (χ0n) is 10.7. The summed E-state index contributed by atoms with van der Waals surface area (Å²) in [5.41, 5.74) is 4.07. The lowest BCUT2D eigenvalue weighted by Gasteiger charge is -2.15. The Labute approximate surface area is 126 Å². The summed E-state index contributed by atoms with van der Waals surface area (Å²) in [6.45, 7) is 1.08. The van der Waals surface area contributed by atoms with Crippen LogP contribution in [0.2, 0.25) is 10.0 Å². The number of rotatable bonds is 7. The number of quaternary nitrogens is 2. The first-order valence-electron chi connectivity index (χ1n) is 6.02. The van der Waals surface area contributed by atoms with Crippen LogP contribution in [0.1, 0.15) is 6.42 Å². The number of carboxylic acids is 1. The van der Waals surface area contributed by atoms with E-state index in [1.165, 1.54) is 11.4 Å². The number of benzene rings is 1. The van der Waals surface area contributed by atoms with Crippen LogP contribution in [-0.2, 0) is 9.59 Å². The van der Waals surface area contributed by atoms with Gasteiger partial charge in [-0.2, -0.15) is 0 Å². The molecule has 20 heavy (non-hydrogen) atoms. The zero-order valence-corrected chi connectivity index (χ0v) is 12.2. The molecule has 6 nitrogen and oxygen atoms in total. The molecule has 0 spiro atoms. The summed E-state index contributed by atoms with van der Waals surface area (Å²) < 4.78 is 0. The van der Waals surface area contributed by atoms with E-state index in [2.05, 4.69) is 11.1 Å². The van der Waals surface area contributed by atoms with Crippen molar-refractivity contribution >= 4 is 40.8 Å². The zero-order chi connectivity index (χ0) is 15.1. The fourth-order valence-corrected chi connectivity index (χ4v) is 1.87. The van der Waals surface area contributed by atoms with E-state index < -0.39 is 17.9 Å². The monoisotopic (exact) mass is 320 g/mol. The van der Waals surface area contributed by atoms with Gasteiger partial charge in [-0.15, -0.1) is 0 Å². The highest BCUT2D eigenvalue weighted by molar-refractivity contribution is 6.42. The molecule has 1 aromatic rings. The maximum absolute atomic E-state index is 11.8. The summed E-state index contributed by atoms with van der Waals surface area (Å²) in [5.74, 6) is -1.71. The third kappa shape index (κ3) is 5.34. The Morgan fingerprint density at radius 2 is 2.05 bits per heavy atom. The van der Waals surface area contributed by atoms with E-state index in [4.69, 9.17) is 23.2 Å². The van der Waals surface area contributed by atoms with E-state index in [9.17, 15) is 14.7 Å². The number of carbonyl (C=O) groups is 2. The third-order valence-corrected chi connectivity index (χ3v) is 3.31. The molecule has 0 unspecified atom stereocenters. The highest BCUT2D eigenvalue weighted by Crippen LogP contribution is 2.24. The van der Waals surface area contributed by atoms with Crippen molar-refractivity contribution in [3.05, 3.63) is 28.2 Å². The largest absolute Gasteiger partial charge is 0.544 e.